The van der Waals surface area contributed by atoms with E-state index in [4.69, 9.17) is 0 Å². The third-order valence-electron chi connectivity index (χ3n) is 5.31. The fourth-order valence-corrected chi connectivity index (χ4v) is 5.85. The summed E-state index contributed by atoms with van der Waals surface area (Å²) >= 11 is 0. The maximum absolute atomic E-state index is 13.0. The molecule has 28 heavy (non-hydrogen) atoms. The van der Waals surface area contributed by atoms with Gasteiger partial charge in [-0.2, -0.15) is 0 Å². The Hall–Kier alpha value is -1.15. The summed E-state index contributed by atoms with van der Waals surface area (Å²) in [6.45, 7) is 5.43. The highest BCUT2D eigenvalue weighted by Crippen LogP contribution is 2.30. The average Bonchev–Trinajstić information content (AvgIpc) is 2.89. The topological polar surface area (TPSA) is 78.5 Å². The molecule has 2 heterocycles. The zero-order valence-electron chi connectivity index (χ0n) is 17.1. The second kappa shape index (κ2) is 8.69. The lowest BCUT2D eigenvalue weighted by molar-refractivity contribution is 0.0681. The Balaban J connectivity index is 0.00000280. The standard InChI is InChI=1S/C20H31N3O3S.ClH/c1-20(2,3)22-27(25,26)13-14-6-5-7-15(10-14)19(24)23(4)18-11-16-8-9-17(12-18)21-16;/h5-7,10,16-18,21-22H,8-9,11-13H2,1-4H3;1H. The van der Waals surface area contributed by atoms with Gasteiger partial charge in [0, 0.05) is 36.3 Å². The number of carbonyl (C=O) groups is 1. The van der Waals surface area contributed by atoms with Crippen LogP contribution in [-0.4, -0.2) is 49.9 Å². The maximum atomic E-state index is 13.0. The van der Waals surface area contributed by atoms with Gasteiger partial charge in [-0.25, -0.2) is 13.1 Å². The predicted octanol–water partition coefficient (Wildman–Crippen LogP) is 2.68. The summed E-state index contributed by atoms with van der Waals surface area (Å²) in [7, 11) is -1.60. The Morgan fingerprint density at radius 3 is 2.39 bits per heavy atom. The second-order valence-corrected chi connectivity index (χ2v) is 10.7. The first-order valence-corrected chi connectivity index (χ1v) is 11.3. The quantitative estimate of drug-likeness (QED) is 0.754. The van der Waals surface area contributed by atoms with Crippen LogP contribution in [0, 0.1) is 0 Å². The van der Waals surface area contributed by atoms with Gasteiger partial charge in [-0.1, -0.05) is 12.1 Å². The Morgan fingerprint density at radius 1 is 1.21 bits per heavy atom. The maximum Gasteiger partial charge on any atom is 0.253 e. The van der Waals surface area contributed by atoms with Crippen LogP contribution in [0.1, 0.15) is 62.4 Å². The molecule has 1 aromatic rings. The van der Waals surface area contributed by atoms with Crippen molar-refractivity contribution in [3.8, 4) is 0 Å². The number of nitrogens with one attached hydrogen (secondary N) is 2. The molecular weight excluding hydrogens is 398 g/mol. The molecule has 0 radical (unpaired) electrons. The van der Waals surface area contributed by atoms with E-state index >= 15 is 0 Å². The molecule has 2 N–H and O–H groups in total. The van der Waals surface area contributed by atoms with Gasteiger partial charge in [0.25, 0.3) is 5.91 Å². The predicted molar refractivity (Wildman–Crippen MR) is 114 cm³/mol. The number of carbonyl (C=O) groups excluding carboxylic acids is 1. The van der Waals surface area contributed by atoms with Crippen LogP contribution < -0.4 is 10.0 Å². The van der Waals surface area contributed by atoms with Crippen LogP contribution >= 0.6 is 12.4 Å². The molecule has 2 aliphatic heterocycles. The molecule has 2 bridgehead atoms. The molecule has 158 valence electrons. The third kappa shape index (κ3) is 5.92. The minimum atomic E-state index is -3.46. The molecule has 2 saturated heterocycles. The number of rotatable bonds is 5. The number of benzene rings is 1. The first-order chi connectivity index (χ1) is 12.5. The van der Waals surface area contributed by atoms with E-state index in [1.54, 1.807) is 24.3 Å². The number of hydrogen-bond donors (Lipinski definition) is 2. The minimum Gasteiger partial charge on any atom is -0.339 e. The van der Waals surface area contributed by atoms with Crippen LogP contribution in [-0.2, 0) is 15.8 Å². The van der Waals surface area contributed by atoms with Crippen LogP contribution in [0.25, 0.3) is 0 Å². The van der Waals surface area contributed by atoms with Gasteiger partial charge in [0.2, 0.25) is 10.0 Å². The number of nitrogens with zero attached hydrogens (tertiary/aromatic N) is 1. The van der Waals surface area contributed by atoms with Crippen molar-refractivity contribution in [2.24, 2.45) is 0 Å². The fraction of sp³-hybridized carbons (Fsp3) is 0.650. The van der Waals surface area contributed by atoms with Gasteiger partial charge in [-0.3, -0.25) is 4.79 Å². The highest BCUT2D eigenvalue weighted by molar-refractivity contribution is 7.88. The fourth-order valence-electron chi connectivity index (χ4n) is 4.23. The van der Waals surface area contributed by atoms with Crippen molar-refractivity contribution in [3.63, 3.8) is 0 Å². The van der Waals surface area contributed by atoms with Crippen molar-refractivity contribution >= 4 is 28.3 Å². The van der Waals surface area contributed by atoms with Crippen molar-refractivity contribution in [2.45, 2.75) is 75.9 Å². The molecule has 2 fully saturated rings. The summed E-state index contributed by atoms with van der Waals surface area (Å²) < 4.78 is 27.3. The van der Waals surface area contributed by atoms with E-state index in [1.165, 1.54) is 12.8 Å². The van der Waals surface area contributed by atoms with Crippen LogP contribution in [0.5, 0.6) is 0 Å². The third-order valence-corrected chi connectivity index (χ3v) is 6.95. The molecule has 1 amide bonds. The zero-order chi connectivity index (χ0) is 19.8. The molecule has 2 unspecified atom stereocenters. The summed E-state index contributed by atoms with van der Waals surface area (Å²) in [6, 6.07) is 8.26. The molecule has 0 saturated carbocycles. The number of amides is 1. The lowest BCUT2D eigenvalue weighted by atomic mass is 9.98. The van der Waals surface area contributed by atoms with E-state index in [0.717, 1.165) is 12.8 Å². The molecule has 0 aromatic heterocycles. The van der Waals surface area contributed by atoms with Crippen molar-refractivity contribution < 1.29 is 13.2 Å². The highest BCUT2D eigenvalue weighted by Gasteiger charge is 2.36. The van der Waals surface area contributed by atoms with Crippen LogP contribution in [0.3, 0.4) is 0 Å². The summed E-state index contributed by atoms with van der Waals surface area (Å²) in [6.07, 6.45) is 4.36. The van der Waals surface area contributed by atoms with Crippen molar-refractivity contribution in [3.05, 3.63) is 35.4 Å². The van der Waals surface area contributed by atoms with Crippen LogP contribution in [0.2, 0.25) is 0 Å². The van der Waals surface area contributed by atoms with Crippen molar-refractivity contribution in [1.29, 1.82) is 0 Å². The molecule has 2 atom stereocenters. The minimum absolute atomic E-state index is 0. The lowest BCUT2D eigenvalue weighted by Crippen LogP contribution is -2.48. The van der Waals surface area contributed by atoms with Crippen molar-refractivity contribution in [2.75, 3.05) is 7.05 Å². The Morgan fingerprint density at radius 2 is 1.82 bits per heavy atom. The summed E-state index contributed by atoms with van der Waals surface area (Å²) in [4.78, 5) is 14.8. The average molecular weight is 430 g/mol. The monoisotopic (exact) mass is 429 g/mol. The number of fused-ring (bicyclic) bond motifs is 2. The van der Waals surface area contributed by atoms with Crippen molar-refractivity contribution in [1.82, 2.24) is 14.9 Å². The largest absolute Gasteiger partial charge is 0.339 e. The molecule has 1 aromatic carbocycles. The van der Waals surface area contributed by atoms with Gasteiger partial charge in [0.15, 0.2) is 0 Å². The van der Waals surface area contributed by atoms with E-state index in [-0.39, 0.29) is 30.1 Å². The van der Waals surface area contributed by atoms with Gasteiger partial charge in [-0.15, -0.1) is 12.4 Å². The van der Waals surface area contributed by atoms with E-state index in [1.807, 2.05) is 32.7 Å². The molecular formula is C20H32ClN3O3S. The van der Waals surface area contributed by atoms with Crippen LogP contribution in [0.4, 0.5) is 0 Å². The van der Waals surface area contributed by atoms with Gasteiger partial charge in [-0.05, 0) is 64.2 Å². The van der Waals surface area contributed by atoms with Gasteiger partial charge in [0.05, 0.1) is 5.75 Å². The highest BCUT2D eigenvalue weighted by atomic mass is 35.5. The molecule has 6 nitrogen and oxygen atoms in total. The smallest absolute Gasteiger partial charge is 0.253 e. The normalized spacial score (nSPS) is 24.5. The number of hydrogen-bond acceptors (Lipinski definition) is 4. The van der Waals surface area contributed by atoms with Gasteiger partial charge in [0.1, 0.15) is 0 Å². The second-order valence-electron chi connectivity index (χ2n) is 8.99. The zero-order valence-corrected chi connectivity index (χ0v) is 18.7. The summed E-state index contributed by atoms with van der Waals surface area (Å²) in [5, 5.41) is 3.60. The summed E-state index contributed by atoms with van der Waals surface area (Å²) in [5.41, 5.74) is 0.643. The number of sulfonamides is 1. The molecule has 0 aliphatic carbocycles. The van der Waals surface area contributed by atoms with E-state index in [2.05, 4.69) is 10.0 Å². The van der Waals surface area contributed by atoms with Crippen LogP contribution in [0.15, 0.2) is 24.3 Å². The van der Waals surface area contributed by atoms with Gasteiger partial charge < -0.3 is 10.2 Å². The van der Waals surface area contributed by atoms with Gasteiger partial charge >= 0.3 is 0 Å². The Labute approximate surface area is 174 Å². The molecule has 2 aliphatic rings. The van der Waals surface area contributed by atoms with E-state index < -0.39 is 15.6 Å². The first-order valence-electron chi connectivity index (χ1n) is 9.66. The lowest BCUT2D eigenvalue weighted by Gasteiger charge is -2.35. The number of halogens is 1. The van der Waals surface area contributed by atoms with E-state index in [0.29, 0.717) is 23.2 Å². The molecule has 0 spiro atoms. The summed E-state index contributed by atoms with van der Waals surface area (Å²) in [5.74, 6) is -0.170. The SMILES string of the molecule is CN(C(=O)c1cccc(CS(=O)(=O)NC(C)(C)C)c1)C1CC2CCC(C1)N2.Cl. The molecule has 8 heteroatoms. The van der Waals surface area contributed by atoms with E-state index in [9.17, 15) is 13.2 Å². The Kier molecular flexibility index (Phi) is 7.18. The Bertz CT molecular complexity index is 795. The molecule has 3 rings (SSSR count). The number of piperidine rings is 1. The first kappa shape index (κ1) is 23.1.